The van der Waals surface area contributed by atoms with E-state index in [-0.39, 0.29) is 0 Å². The largest absolute Gasteiger partial charge is 0.340 e. The van der Waals surface area contributed by atoms with E-state index in [1.54, 1.807) is 12.4 Å². The highest BCUT2D eigenvalue weighted by Gasteiger charge is 2.00. The van der Waals surface area contributed by atoms with Crippen LogP contribution in [0.1, 0.15) is 0 Å². The molecule has 5 heteroatoms. The van der Waals surface area contributed by atoms with Gasteiger partial charge < -0.3 is 10.6 Å². The summed E-state index contributed by atoms with van der Waals surface area (Å²) in [6.45, 7) is 0. The van der Waals surface area contributed by atoms with E-state index in [0.29, 0.717) is 0 Å². The van der Waals surface area contributed by atoms with E-state index in [9.17, 15) is 0 Å². The first-order valence-corrected chi connectivity index (χ1v) is 6.21. The first kappa shape index (κ1) is 12.1. The van der Waals surface area contributed by atoms with Crippen molar-refractivity contribution in [1.82, 2.24) is 15.0 Å². The van der Waals surface area contributed by atoms with Gasteiger partial charge in [0.2, 0.25) is 0 Å². The first-order valence-electron chi connectivity index (χ1n) is 6.21. The Morgan fingerprint density at radius 1 is 0.700 bits per heavy atom. The number of nitrogens with one attached hydrogen (secondary N) is 2. The van der Waals surface area contributed by atoms with Gasteiger partial charge in [-0.15, -0.1) is 0 Å². The molecule has 98 valence electrons. The monoisotopic (exact) mass is 263 g/mol. The molecule has 0 aliphatic rings. The van der Waals surface area contributed by atoms with Crippen molar-refractivity contribution in [2.75, 3.05) is 10.6 Å². The molecular weight excluding hydrogens is 250 g/mol. The zero-order valence-corrected chi connectivity index (χ0v) is 10.7. The van der Waals surface area contributed by atoms with E-state index in [4.69, 9.17) is 0 Å². The predicted molar refractivity (Wildman–Crippen MR) is 79.3 cm³/mol. The van der Waals surface area contributed by atoms with Gasteiger partial charge in [-0.2, -0.15) is 0 Å². The van der Waals surface area contributed by atoms with Crippen molar-refractivity contribution in [3.63, 3.8) is 0 Å². The van der Waals surface area contributed by atoms with Crippen molar-refractivity contribution in [1.29, 1.82) is 0 Å². The molecule has 20 heavy (non-hydrogen) atoms. The van der Waals surface area contributed by atoms with Crippen molar-refractivity contribution in [3.8, 4) is 0 Å². The van der Waals surface area contributed by atoms with Crippen LogP contribution in [0, 0.1) is 0 Å². The smallest absolute Gasteiger partial charge is 0.135 e. The fourth-order valence-electron chi connectivity index (χ4n) is 1.75. The summed E-state index contributed by atoms with van der Waals surface area (Å²) >= 11 is 0. The Labute approximate surface area is 116 Å². The maximum absolute atomic E-state index is 4.20. The summed E-state index contributed by atoms with van der Waals surface area (Å²) in [7, 11) is 0. The van der Waals surface area contributed by atoms with Crippen LogP contribution in [-0.2, 0) is 0 Å². The number of anilines is 4. The van der Waals surface area contributed by atoms with E-state index in [0.717, 1.165) is 23.0 Å². The van der Waals surface area contributed by atoms with Crippen LogP contribution in [0.25, 0.3) is 0 Å². The number of para-hydroxylation sites is 1. The minimum Gasteiger partial charge on any atom is -0.340 e. The maximum atomic E-state index is 4.20. The number of hydrogen-bond acceptors (Lipinski definition) is 5. The van der Waals surface area contributed by atoms with Crippen molar-refractivity contribution < 1.29 is 0 Å². The predicted octanol–water partition coefficient (Wildman–Crippen LogP) is 3.36. The molecule has 0 saturated heterocycles. The molecule has 1 aromatic carbocycles. The Morgan fingerprint density at radius 2 is 1.30 bits per heavy atom. The molecule has 3 rings (SSSR count). The average Bonchev–Trinajstić information content (AvgIpc) is 2.50. The summed E-state index contributed by atoms with van der Waals surface area (Å²) < 4.78 is 0. The molecule has 5 nitrogen and oxygen atoms in total. The Morgan fingerprint density at radius 3 is 1.95 bits per heavy atom. The van der Waals surface area contributed by atoms with Crippen LogP contribution < -0.4 is 10.6 Å². The molecule has 2 N–H and O–H groups in total. The quantitative estimate of drug-likeness (QED) is 0.755. The second kappa shape index (κ2) is 5.79. The summed E-state index contributed by atoms with van der Waals surface area (Å²) in [5, 5.41) is 6.43. The van der Waals surface area contributed by atoms with Gasteiger partial charge in [0.05, 0.1) is 0 Å². The van der Waals surface area contributed by atoms with E-state index in [2.05, 4.69) is 25.6 Å². The van der Waals surface area contributed by atoms with Gasteiger partial charge in [-0.05, 0) is 24.3 Å². The van der Waals surface area contributed by atoms with Crippen molar-refractivity contribution in [2.24, 2.45) is 0 Å². The lowest BCUT2D eigenvalue weighted by Crippen LogP contribution is -1.98. The van der Waals surface area contributed by atoms with Crippen LogP contribution in [0.5, 0.6) is 0 Å². The second-order valence-corrected chi connectivity index (χ2v) is 4.14. The fourth-order valence-corrected chi connectivity index (χ4v) is 1.75. The summed E-state index contributed by atoms with van der Waals surface area (Å²) in [5.74, 6) is 1.47. The summed E-state index contributed by atoms with van der Waals surface area (Å²) in [6, 6.07) is 15.5. The van der Waals surface area contributed by atoms with Crippen molar-refractivity contribution in [3.05, 3.63) is 67.3 Å². The lowest BCUT2D eigenvalue weighted by Gasteiger charge is -2.08. The SMILES string of the molecule is c1ccc(Nc2cc(Nc3ccncc3)ncn2)cc1. The highest BCUT2D eigenvalue weighted by Crippen LogP contribution is 2.18. The second-order valence-electron chi connectivity index (χ2n) is 4.14. The van der Waals surface area contributed by atoms with Crippen LogP contribution in [0.3, 0.4) is 0 Å². The standard InChI is InChI=1S/C15H13N5/c1-2-4-12(5-3-1)19-14-10-15(18-11-17-14)20-13-6-8-16-9-7-13/h1-11H,(H2,16,17,18,19,20). The van der Waals surface area contributed by atoms with E-state index >= 15 is 0 Å². The van der Waals surface area contributed by atoms with Gasteiger partial charge in [0, 0.05) is 29.8 Å². The third kappa shape index (κ3) is 3.08. The number of pyridine rings is 1. The molecule has 3 aromatic rings. The van der Waals surface area contributed by atoms with Gasteiger partial charge in [0.15, 0.2) is 0 Å². The van der Waals surface area contributed by atoms with Crippen LogP contribution in [0.4, 0.5) is 23.0 Å². The lowest BCUT2D eigenvalue weighted by molar-refractivity contribution is 1.16. The molecule has 0 unspecified atom stereocenters. The highest BCUT2D eigenvalue weighted by atomic mass is 15.1. The Hall–Kier alpha value is -2.95. The Kier molecular flexibility index (Phi) is 3.51. The molecule has 0 amide bonds. The summed E-state index contributed by atoms with van der Waals surface area (Å²) in [6.07, 6.45) is 4.98. The zero-order valence-electron chi connectivity index (χ0n) is 10.7. The number of aromatic nitrogens is 3. The molecule has 0 atom stereocenters. The zero-order chi connectivity index (χ0) is 13.6. The van der Waals surface area contributed by atoms with Crippen LogP contribution >= 0.6 is 0 Å². The average molecular weight is 263 g/mol. The van der Waals surface area contributed by atoms with Crippen molar-refractivity contribution in [2.45, 2.75) is 0 Å². The first-order chi connectivity index (χ1) is 9.90. The molecule has 0 spiro atoms. The Balaban J connectivity index is 1.76. The third-order valence-corrected chi connectivity index (χ3v) is 2.67. The van der Waals surface area contributed by atoms with Gasteiger partial charge in [0.25, 0.3) is 0 Å². The molecule has 0 fully saturated rings. The number of hydrogen-bond donors (Lipinski definition) is 2. The molecule has 2 heterocycles. The van der Waals surface area contributed by atoms with Crippen LogP contribution in [0.15, 0.2) is 67.3 Å². The van der Waals surface area contributed by atoms with Gasteiger partial charge in [0.1, 0.15) is 18.0 Å². The molecule has 0 aliphatic heterocycles. The molecular formula is C15H13N5. The summed E-state index contributed by atoms with van der Waals surface area (Å²) in [4.78, 5) is 12.4. The summed E-state index contributed by atoms with van der Waals surface area (Å²) in [5.41, 5.74) is 1.92. The van der Waals surface area contributed by atoms with Gasteiger partial charge in [-0.1, -0.05) is 18.2 Å². The van der Waals surface area contributed by atoms with E-state index in [1.807, 2.05) is 48.5 Å². The number of rotatable bonds is 4. The Bertz CT molecular complexity index is 613. The van der Waals surface area contributed by atoms with Crippen LogP contribution in [0.2, 0.25) is 0 Å². The molecule has 0 aliphatic carbocycles. The van der Waals surface area contributed by atoms with Crippen LogP contribution in [-0.4, -0.2) is 15.0 Å². The van der Waals surface area contributed by atoms with E-state index in [1.165, 1.54) is 6.33 Å². The van der Waals surface area contributed by atoms with Crippen molar-refractivity contribution >= 4 is 23.0 Å². The van der Waals surface area contributed by atoms with Gasteiger partial charge in [-0.25, -0.2) is 9.97 Å². The lowest BCUT2D eigenvalue weighted by atomic mass is 10.3. The minimum atomic E-state index is 0.727. The maximum Gasteiger partial charge on any atom is 0.135 e. The highest BCUT2D eigenvalue weighted by molar-refractivity contribution is 5.62. The normalized spacial score (nSPS) is 10.0. The molecule has 2 aromatic heterocycles. The fraction of sp³-hybridized carbons (Fsp3) is 0. The minimum absolute atomic E-state index is 0.727. The molecule has 0 saturated carbocycles. The topological polar surface area (TPSA) is 62.7 Å². The number of nitrogens with zero attached hydrogens (tertiary/aromatic N) is 3. The van der Waals surface area contributed by atoms with E-state index < -0.39 is 0 Å². The molecule has 0 radical (unpaired) electrons. The molecule has 0 bridgehead atoms. The van der Waals surface area contributed by atoms with Gasteiger partial charge in [-0.3, -0.25) is 4.98 Å². The number of benzene rings is 1. The third-order valence-electron chi connectivity index (χ3n) is 2.67. The van der Waals surface area contributed by atoms with Gasteiger partial charge >= 0.3 is 0 Å².